The van der Waals surface area contributed by atoms with Crippen molar-refractivity contribution >= 4 is 46.4 Å². The molecule has 0 radical (unpaired) electrons. The minimum Gasteiger partial charge on any atom is -0.445 e. The summed E-state index contributed by atoms with van der Waals surface area (Å²) < 4.78 is 37.5. The second kappa shape index (κ2) is 23.5. The zero-order valence-electron chi connectivity index (χ0n) is 40.9. The molecule has 5 amide bonds. The van der Waals surface area contributed by atoms with Crippen LogP contribution in [0, 0.1) is 5.82 Å². The number of benzene rings is 4. The average Bonchev–Trinajstić information content (AvgIpc) is 3.36. The summed E-state index contributed by atoms with van der Waals surface area (Å²) in [6.07, 6.45) is 0.306. The van der Waals surface area contributed by atoms with Crippen molar-refractivity contribution < 1.29 is 47.3 Å². The van der Waals surface area contributed by atoms with Gasteiger partial charge in [0.15, 0.2) is 5.69 Å². The number of ether oxygens (including phenoxy) is 4. The molecule has 380 valence electrons. The van der Waals surface area contributed by atoms with E-state index in [1.54, 1.807) is 75.5 Å². The minimum absolute atomic E-state index is 0.0184. The molecule has 2 aromatic heterocycles. The van der Waals surface area contributed by atoms with E-state index < -0.39 is 35.4 Å². The molecule has 2 fully saturated rings. The maximum Gasteiger partial charge on any atom is 0.412 e. The van der Waals surface area contributed by atoms with Gasteiger partial charge in [-0.15, -0.1) is 0 Å². The highest BCUT2D eigenvalue weighted by atomic mass is 19.1. The lowest BCUT2D eigenvalue weighted by molar-refractivity contribution is -0.133. The number of hydrogen-bond donors (Lipinski definition) is 3. The summed E-state index contributed by atoms with van der Waals surface area (Å²) in [5.74, 6) is -1.90. The number of nitrogens with one attached hydrogen (secondary N) is 3. The van der Waals surface area contributed by atoms with Crippen LogP contribution in [0.25, 0.3) is 21.9 Å². The summed E-state index contributed by atoms with van der Waals surface area (Å²) in [4.78, 5) is 88.3. The second-order valence-electron chi connectivity index (χ2n) is 18.6. The van der Waals surface area contributed by atoms with Gasteiger partial charge in [-0.25, -0.2) is 24.1 Å². The van der Waals surface area contributed by atoms with Gasteiger partial charge in [0.05, 0.1) is 48.8 Å². The molecule has 0 atom stereocenters. The van der Waals surface area contributed by atoms with Crippen LogP contribution in [-0.2, 0) is 36.8 Å². The first-order chi connectivity index (χ1) is 35.2. The van der Waals surface area contributed by atoms with Gasteiger partial charge in [-0.2, -0.15) is 5.10 Å². The Bertz CT molecular complexity index is 3020. The van der Waals surface area contributed by atoms with E-state index >= 15 is 4.39 Å². The molecule has 4 aromatic carbocycles. The van der Waals surface area contributed by atoms with Crippen molar-refractivity contribution in [3.63, 3.8) is 0 Å². The number of fused-ring (bicyclic) bond motifs is 1. The van der Waals surface area contributed by atoms with E-state index in [2.05, 4.69) is 25.8 Å². The molecule has 0 unspecified atom stereocenters. The summed E-state index contributed by atoms with van der Waals surface area (Å²) in [6.45, 7) is 6.63. The smallest absolute Gasteiger partial charge is 0.412 e. The van der Waals surface area contributed by atoms with Crippen LogP contribution in [0.1, 0.15) is 69.9 Å². The Morgan fingerprint density at radius 1 is 0.836 bits per heavy atom. The van der Waals surface area contributed by atoms with Crippen LogP contribution in [-0.4, -0.2) is 138 Å². The lowest BCUT2D eigenvalue weighted by Gasteiger charge is -2.36. The van der Waals surface area contributed by atoms with E-state index in [0.29, 0.717) is 46.7 Å². The number of carbonyl (C=O) groups is 5. The number of amides is 5. The van der Waals surface area contributed by atoms with Crippen LogP contribution in [0.3, 0.4) is 0 Å². The quantitative estimate of drug-likeness (QED) is 0.0831. The van der Waals surface area contributed by atoms with E-state index in [0.717, 1.165) is 16.7 Å². The van der Waals surface area contributed by atoms with E-state index in [1.165, 1.54) is 26.8 Å². The van der Waals surface area contributed by atoms with Crippen molar-refractivity contribution in [1.29, 1.82) is 0 Å². The largest absolute Gasteiger partial charge is 0.445 e. The number of piperazine rings is 1. The number of hydrogen-bond acceptors (Lipinski definition) is 12. The summed E-state index contributed by atoms with van der Waals surface area (Å²) >= 11 is 0. The van der Waals surface area contributed by atoms with Crippen LogP contribution in [0.2, 0.25) is 0 Å². The number of H-pyrrole nitrogens is 1. The third-order valence-corrected chi connectivity index (χ3v) is 12.2. The highest BCUT2D eigenvalue weighted by molar-refractivity contribution is 6.02. The fourth-order valence-electron chi connectivity index (χ4n) is 8.29. The lowest BCUT2D eigenvalue weighted by Crippen LogP contribution is -2.53. The van der Waals surface area contributed by atoms with Gasteiger partial charge < -0.3 is 34.1 Å². The minimum atomic E-state index is -0.796. The first kappa shape index (κ1) is 51.3. The Kier molecular flexibility index (Phi) is 16.5. The van der Waals surface area contributed by atoms with Crippen LogP contribution in [0.5, 0.6) is 0 Å². The molecule has 0 bridgehead atoms. The van der Waals surface area contributed by atoms with E-state index in [-0.39, 0.29) is 100 Å². The average molecular weight is 997 g/mol. The van der Waals surface area contributed by atoms with Crippen LogP contribution in [0.4, 0.5) is 19.7 Å². The highest BCUT2D eigenvalue weighted by Gasteiger charge is 2.30. The third-order valence-electron chi connectivity index (χ3n) is 12.2. The van der Waals surface area contributed by atoms with Gasteiger partial charge in [-0.1, -0.05) is 78.9 Å². The fraction of sp³-hybridized carbons (Fsp3) is 0.333. The Morgan fingerprint density at radius 2 is 1.58 bits per heavy atom. The van der Waals surface area contributed by atoms with Crippen molar-refractivity contribution in [3.05, 3.63) is 159 Å². The predicted molar refractivity (Wildman–Crippen MR) is 268 cm³/mol. The lowest BCUT2D eigenvalue weighted by atomic mass is 9.94. The van der Waals surface area contributed by atoms with Crippen LogP contribution < -0.4 is 16.2 Å². The maximum atomic E-state index is 15.2. The van der Waals surface area contributed by atoms with E-state index in [4.69, 9.17) is 18.9 Å². The van der Waals surface area contributed by atoms with Crippen molar-refractivity contribution in [2.75, 3.05) is 77.6 Å². The molecule has 73 heavy (non-hydrogen) atoms. The monoisotopic (exact) mass is 996 g/mol. The second-order valence-corrected chi connectivity index (χ2v) is 18.6. The first-order valence-corrected chi connectivity index (χ1v) is 24.0. The van der Waals surface area contributed by atoms with Gasteiger partial charge in [-0.3, -0.25) is 29.4 Å². The van der Waals surface area contributed by atoms with Crippen molar-refractivity contribution in [2.24, 2.45) is 0 Å². The van der Waals surface area contributed by atoms with E-state index in [1.807, 2.05) is 42.5 Å². The van der Waals surface area contributed by atoms with Gasteiger partial charge in [0, 0.05) is 68.8 Å². The molecule has 19 heteroatoms. The standard InChI is InChI=1S/C54H57FN8O10/c1-54(2,3)73-52(68)58-46-29-39(37-12-9-13-38(28-37)40-33-71-34-40)30-57-48(46)50(66)56-18-24-70-25-23-63(53(69)72-32-35-10-5-4-6-11-35)31-47(64)61-19-21-62(22-20-61)51(67)43-26-36(16-17-44(43)55)27-45-41-14-7-8-15-42(41)49(65)60-59-45/h4-17,26,28-30,40H,18-25,27,31-34H2,1-3H3,(H,56,66)(H,58,68)(H,60,65). The molecule has 3 N–H and O–H groups in total. The number of carbonyl (C=O) groups excluding carboxylic acids is 5. The molecule has 18 nitrogen and oxygen atoms in total. The van der Waals surface area contributed by atoms with Crippen LogP contribution in [0.15, 0.2) is 114 Å². The molecule has 0 aliphatic carbocycles. The van der Waals surface area contributed by atoms with Gasteiger partial charge >= 0.3 is 12.2 Å². The topological polar surface area (TPSA) is 215 Å². The fourth-order valence-corrected chi connectivity index (χ4v) is 8.29. The Labute approximate surface area is 420 Å². The van der Waals surface area contributed by atoms with Gasteiger partial charge in [0.2, 0.25) is 5.91 Å². The van der Waals surface area contributed by atoms with Gasteiger partial charge in [0.25, 0.3) is 17.4 Å². The predicted octanol–water partition coefficient (Wildman–Crippen LogP) is 6.55. The first-order valence-electron chi connectivity index (χ1n) is 24.0. The molecule has 0 saturated carbocycles. The molecule has 2 aliphatic heterocycles. The Hall–Kier alpha value is -8.03. The molecule has 8 rings (SSSR count). The summed E-state index contributed by atoms with van der Waals surface area (Å²) in [5, 5.41) is 13.3. The number of aromatic nitrogens is 3. The Balaban J connectivity index is 0.852. The number of aromatic amines is 1. The van der Waals surface area contributed by atoms with Crippen molar-refractivity contribution in [2.45, 2.75) is 45.3 Å². The normalized spacial score (nSPS) is 13.8. The SMILES string of the molecule is CC(C)(C)OC(=O)Nc1cc(-c2cccc(C3COC3)c2)cnc1C(=O)NCCOCCN(CC(=O)N1CCN(C(=O)c2cc(Cc3n[nH]c(=O)c4ccccc34)ccc2F)CC1)C(=O)OCc1ccccc1. The summed E-state index contributed by atoms with van der Waals surface area (Å²) in [6, 6.07) is 30.0. The molecule has 0 spiro atoms. The molecular formula is C54H57FN8O10. The molecule has 4 heterocycles. The van der Waals surface area contributed by atoms with Gasteiger partial charge in [0.1, 0.15) is 24.6 Å². The number of halogens is 1. The van der Waals surface area contributed by atoms with E-state index in [9.17, 15) is 28.8 Å². The van der Waals surface area contributed by atoms with Crippen LogP contribution >= 0.6 is 0 Å². The summed E-state index contributed by atoms with van der Waals surface area (Å²) in [5.41, 5.74) is 3.45. The molecule has 6 aromatic rings. The van der Waals surface area contributed by atoms with Gasteiger partial charge in [-0.05, 0) is 67.3 Å². The maximum absolute atomic E-state index is 15.2. The van der Waals surface area contributed by atoms with Crippen molar-refractivity contribution in [1.82, 2.24) is 35.2 Å². The molecule has 2 saturated heterocycles. The number of pyridine rings is 1. The number of anilines is 1. The molecule has 2 aliphatic rings. The summed E-state index contributed by atoms with van der Waals surface area (Å²) in [7, 11) is 0. The molecular weight excluding hydrogens is 940 g/mol. The zero-order valence-corrected chi connectivity index (χ0v) is 40.9. The Morgan fingerprint density at radius 3 is 2.32 bits per heavy atom. The number of nitrogens with zero attached hydrogens (tertiary/aromatic N) is 5. The number of rotatable bonds is 17. The third kappa shape index (κ3) is 13.5. The zero-order chi connectivity index (χ0) is 51.5. The van der Waals surface area contributed by atoms with Crippen molar-refractivity contribution in [3.8, 4) is 11.1 Å². The highest BCUT2D eigenvalue weighted by Crippen LogP contribution is 2.30.